The Labute approximate surface area is 209 Å². The Morgan fingerprint density at radius 3 is 2.81 bits per heavy atom. The molecule has 0 aliphatic carbocycles. The summed E-state index contributed by atoms with van der Waals surface area (Å²) in [5.41, 5.74) is 6.23. The number of hydrogen-bond acceptors (Lipinski definition) is 7. The molecule has 1 fully saturated rings. The zero-order chi connectivity index (χ0) is 24.1. The SMILES string of the molecule is Fc1c(-c2cncc(CN3CCCC3)c2)ncc2[nH]nc(-c3nc4nccc(-c5ccsc5)c4[nH]3)c12. The van der Waals surface area contributed by atoms with Crippen LogP contribution >= 0.6 is 11.3 Å². The Bertz CT molecular complexity index is 1700. The van der Waals surface area contributed by atoms with Gasteiger partial charge < -0.3 is 4.98 Å². The van der Waals surface area contributed by atoms with Crippen molar-refractivity contribution in [2.75, 3.05) is 13.1 Å². The van der Waals surface area contributed by atoms with Gasteiger partial charge in [0.05, 0.1) is 22.6 Å². The number of imidazole rings is 1. The number of nitrogens with zero attached hydrogens (tertiary/aromatic N) is 6. The van der Waals surface area contributed by atoms with E-state index < -0.39 is 5.82 Å². The Hall–Kier alpha value is -4.02. The van der Waals surface area contributed by atoms with E-state index in [1.54, 1.807) is 29.9 Å². The molecule has 6 aromatic rings. The molecule has 0 amide bonds. The van der Waals surface area contributed by atoms with Crippen molar-refractivity contribution in [3.8, 4) is 33.9 Å². The summed E-state index contributed by atoms with van der Waals surface area (Å²) >= 11 is 1.62. The summed E-state index contributed by atoms with van der Waals surface area (Å²) in [6.07, 6.45) is 9.27. The van der Waals surface area contributed by atoms with E-state index >= 15 is 4.39 Å². The number of likely N-dealkylation sites (tertiary alicyclic amines) is 1. The van der Waals surface area contributed by atoms with E-state index in [2.05, 4.69) is 45.4 Å². The van der Waals surface area contributed by atoms with E-state index in [1.807, 2.05) is 29.8 Å². The van der Waals surface area contributed by atoms with Crippen LogP contribution < -0.4 is 0 Å². The molecular formula is C26H21FN8S. The summed E-state index contributed by atoms with van der Waals surface area (Å²) in [5.74, 6) is -0.00812. The third-order valence-electron chi connectivity index (χ3n) is 6.67. The van der Waals surface area contributed by atoms with Gasteiger partial charge in [0.25, 0.3) is 0 Å². The number of rotatable bonds is 5. The smallest absolute Gasteiger partial charge is 0.178 e. The van der Waals surface area contributed by atoms with Crippen molar-refractivity contribution in [2.24, 2.45) is 0 Å². The maximum atomic E-state index is 16.0. The van der Waals surface area contributed by atoms with E-state index in [9.17, 15) is 0 Å². The predicted octanol–water partition coefficient (Wildman–Crippen LogP) is 5.42. The van der Waals surface area contributed by atoms with Gasteiger partial charge in [0.1, 0.15) is 11.4 Å². The third-order valence-corrected chi connectivity index (χ3v) is 7.35. The number of nitrogens with one attached hydrogen (secondary N) is 2. The van der Waals surface area contributed by atoms with Crippen molar-refractivity contribution < 1.29 is 4.39 Å². The summed E-state index contributed by atoms with van der Waals surface area (Å²) in [4.78, 5) is 23.5. The van der Waals surface area contributed by atoms with E-state index in [1.165, 1.54) is 12.8 Å². The van der Waals surface area contributed by atoms with Crippen LogP contribution in [-0.2, 0) is 6.54 Å². The normalized spacial score (nSPS) is 14.4. The summed E-state index contributed by atoms with van der Waals surface area (Å²) in [6.45, 7) is 2.98. The standard InChI is InChI=1S/C26H21FN8S/c27-21-20-19(12-30-22(21)17-9-15(10-28-11-17)13-35-6-1-2-7-35)33-34-24(20)26-31-23-18(16-4-8-36-14-16)3-5-29-25(23)32-26/h3-5,8-12,14H,1-2,6-7,13H2,(H,33,34)(H,29,31,32). The fourth-order valence-corrected chi connectivity index (χ4v) is 5.59. The highest BCUT2D eigenvalue weighted by Gasteiger charge is 2.22. The first-order chi connectivity index (χ1) is 17.7. The van der Waals surface area contributed by atoms with Crippen LogP contribution in [0.5, 0.6) is 0 Å². The first-order valence-electron chi connectivity index (χ1n) is 11.8. The van der Waals surface area contributed by atoms with Gasteiger partial charge in [-0.15, -0.1) is 0 Å². The van der Waals surface area contributed by atoms with Gasteiger partial charge in [-0.1, -0.05) is 0 Å². The number of H-pyrrole nitrogens is 2. The number of fused-ring (bicyclic) bond motifs is 2. The number of thiophene rings is 1. The molecule has 10 heteroatoms. The number of aromatic amines is 2. The van der Waals surface area contributed by atoms with Crippen LogP contribution in [0.25, 0.3) is 56.0 Å². The van der Waals surface area contributed by atoms with Crippen molar-refractivity contribution in [3.05, 3.63) is 65.1 Å². The minimum atomic E-state index is -0.456. The highest BCUT2D eigenvalue weighted by Crippen LogP contribution is 2.34. The fraction of sp³-hybridized carbons (Fsp3) is 0.192. The van der Waals surface area contributed by atoms with Crippen molar-refractivity contribution in [1.29, 1.82) is 0 Å². The quantitative estimate of drug-likeness (QED) is 0.331. The molecule has 1 aliphatic heterocycles. The molecule has 0 atom stereocenters. The summed E-state index contributed by atoms with van der Waals surface area (Å²) in [7, 11) is 0. The molecule has 7 rings (SSSR count). The lowest BCUT2D eigenvalue weighted by Gasteiger charge is -2.14. The molecule has 0 aromatic carbocycles. The Morgan fingerprint density at radius 2 is 1.94 bits per heavy atom. The van der Waals surface area contributed by atoms with Gasteiger partial charge in [-0.25, -0.2) is 14.4 Å². The molecule has 178 valence electrons. The second kappa shape index (κ2) is 8.58. The molecule has 0 spiro atoms. The Balaban J connectivity index is 1.32. The maximum absolute atomic E-state index is 16.0. The molecule has 0 saturated carbocycles. The molecule has 0 radical (unpaired) electrons. The number of hydrogen-bond donors (Lipinski definition) is 2. The Morgan fingerprint density at radius 1 is 1.03 bits per heavy atom. The van der Waals surface area contributed by atoms with Crippen LogP contribution in [0.15, 0.2) is 53.7 Å². The van der Waals surface area contributed by atoms with Crippen molar-refractivity contribution in [3.63, 3.8) is 0 Å². The zero-order valence-electron chi connectivity index (χ0n) is 19.2. The minimum Gasteiger partial charge on any atom is -0.335 e. The van der Waals surface area contributed by atoms with Gasteiger partial charge in [-0.3, -0.25) is 20.0 Å². The molecular weight excluding hydrogens is 475 g/mol. The molecule has 0 bridgehead atoms. The van der Waals surface area contributed by atoms with Crippen LogP contribution in [0.3, 0.4) is 0 Å². The molecule has 7 heterocycles. The van der Waals surface area contributed by atoms with Crippen molar-refractivity contribution >= 4 is 33.4 Å². The summed E-state index contributed by atoms with van der Waals surface area (Å²) < 4.78 is 16.0. The molecule has 1 aliphatic rings. The summed E-state index contributed by atoms with van der Waals surface area (Å²) in [5, 5.41) is 11.7. The molecule has 6 aromatic heterocycles. The molecule has 2 N–H and O–H groups in total. The Kier molecular flexibility index (Phi) is 5.07. The van der Waals surface area contributed by atoms with E-state index in [0.717, 1.165) is 41.8 Å². The fourth-order valence-electron chi connectivity index (χ4n) is 4.93. The lowest BCUT2D eigenvalue weighted by molar-refractivity contribution is 0.331. The van der Waals surface area contributed by atoms with Crippen molar-refractivity contribution in [1.82, 2.24) is 40.0 Å². The lowest BCUT2D eigenvalue weighted by atomic mass is 10.1. The zero-order valence-corrected chi connectivity index (χ0v) is 20.0. The first kappa shape index (κ1) is 21.3. The van der Waals surface area contributed by atoms with Crippen molar-refractivity contribution in [2.45, 2.75) is 19.4 Å². The molecule has 1 saturated heterocycles. The van der Waals surface area contributed by atoms with Gasteiger partial charge >= 0.3 is 0 Å². The lowest BCUT2D eigenvalue weighted by Crippen LogP contribution is -2.18. The van der Waals surface area contributed by atoms with E-state index in [-0.39, 0.29) is 5.69 Å². The predicted molar refractivity (Wildman–Crippen MR) is 138 cm³/mol. The maximum Gasteiger partial charge on any atom is 0.178 e. The number of halogens is 1. The second-order valence-corrected chi connectivity index (χ2v) is 9.78. The molecule has 36 heavy (non-hydrogen) atoms. The summed E-state index contributed by atoms with van der Waals surface area (Å²) in [6, 6.07) is 5.97. The van der Waals surface area contributed by atoms with Crippen LogP contribution in [0.2, 0.25) is 0 Å². The van der Waals surface area contributed by atoms with Gasteiger partial charge in [-0.2, -0.15) is 16.4 Å². The minimum absolute atomic E-state index is 0.245. The third kappa shape index (κ3) is 3.57. The van der Waals surface area contributed by atoms with Crippen LogP contribution in [0.4, 0.5) is 4.39 Å². The van der Waals surface area contributed by atoms with Gasteiger partial charge in [0, 0.05) is 36.3 Å². The van der Waals surface area contributed by atoms with Crippen LogP contribution in [0.1, 0.15) is 18.4 Å². The van der Waals surface area contributed by atoms with Crippen LogP contribution in [-0.4, -0.2) is 53.1 Å². The number of aromatic nitrogens is 7. The van der Waals surface area contributed by atoms with Crippen LogP contribution in [0, 0.1) is 5.82 Å². The highest BCUT2D eigenvalue weighted by molar-refractivity contribution is 7.08. The number of pyridine rings is 3. The molecule has 8 nitrogen and oxygen atoms in total. The molecule has 0 unspecified atom stereocenters. The van der Waals surface area contributed by atoms with Gasteiger partial charge in [0.15, 0.2) is 17.3 Å². The largest absolute Gasteiger partial charge is 0.335 e. The van der Waals surface area contributed by atoms with E-state index in [4.69, 9.17) is 0 Å². The average molecular weight is 497 g/mol. The van der Waals surface area contributed by atoms with Gasteiger partial charge in [-0.05, 0) is 66.0 Å². The topological polar surface area (TPSA) is 99.3 Å². The average Bonchev–Trinajstić information content (AvgIpc) is 3.70. The first-order valence-corrected chi connectivity index (χ1v) is 12.8. The second-order valence-electron chi connectivity index (χ2n) is 9.00. The highest BCUT2D eigenvalue weighted by atomic mass is 32.1. The van der Waals surface area contributed by atoms with E-state index in [0.29, 0.717) is 33.6 Å². The van der Waals surface area contributed by atoms with Gasteiger partial charge in [0.2, 0.25) is 0 Å². The monoisotopic (exact) mass is 496 g/mol.